The Hall–Kier alpha value is -3.91. The summed E-state index contributed by atoms with van der Waals surface area (Å²) in [7, 11) is -6.89. The number of hydrogen-bond acceptors (Lipinski definition) is 0. The molecule has 52 heavy (non-hydrogen) atoms. The Morgan fingerprint density at radius 3 is 0.558 bits per heavy atom. The normalized spacial score (nSPS) is 13.2. The van der Waals surface area contributed by atoms with Crippen LogP contribution in [0.4, 0.5) is 17.3 Å². The predicted octanol–water partition coefficient (Wildman–Crippen LogP) is 10.9. The van der Waals surface area contributed by atoms with Crippen LogP contribution in [0.1, 0.15) is 25.7 Å². The molecule has 0 aliphatic heterocycles. The van der Waals surface area contributed by atoms with Crippen molar-refractivity contribution in [3.05, 3.63) is 206 Å². The molecule has 0 fully saturated rings. The van der Waals surface area contributed by atoms with E-state index in [0.717, 1.165) is 0 Å². The monoisotopic (exact) mass is 912 g/mol. The summed E-state index contributed by atoms with van der Waals surface area (Å²) >= 11 is 0. The van der Waals surface area contributed by atoms with Gasteiger partial charge in [0.25, 0.3) is 0 Å². The van der Waals surface area contributed by atoms with Gasteiger partial charge in [0.2, 0.25) is 0 Å². The van der Waals surface area contributed by atoms with Gasteiger partial charge < -0.3 is 17.3 Å². The van der Waals surface area contributed by atoms with Gasteiger partial charge in [-0.15, -0.1) is 0 Å². The summed E-state index contributed by atoms with van der Waals surface area (Å²) in [5.41, 5.74) is 0. The Bertz CT molecular complexity index is 1490. The Morgan fingerprint density at radius 2 is 0.423 bits per heavy atom. The van der Waals surface area contributed by atoms with Crippen molar-refractivity contribution in [1.29, 1.82) is 0 Å². The van der Waals surface area contributed by atoms with E-state index in [1.807, 2.05) is 0 Å². The van der Waals surface area contributed by atoms with Crippen molar-refractivity contribution in [2.45, 2.75) is 25.7 Å². The number of allylic oxidation sites excluding steroid dienone is 4. The first kappa shape index (κ1) is 42.5. The van der Waals surface area contributed by atoms with Gasteiger partial charge in [0.1, 0.15) is 0 Å². The van der Waals surface area contributed by atoms with E-state index in [1.54, 1.807) is 0 Å². The van der Waals surface area contributed by atoms with Gasteiger partial charge >= 0.3 is 27.4 Å². The van der Waals surface area contributed by atoms with Gasteiger partial charge in [-0.05, 0) is 73.4 Å². The standard InChI is InChI=1S/2C18H15P.C8H12.BF4.Ir/c2*1-4-10-16(11-5-1)19(17-12-6-2-7-13-17)18-14-8-3-9-15-18;1-2-4-6-8-7-5-3-1;2-1(3,4)5;/h2*1-15H;1-2,7-8H,3-6H2;;/q;;;-1;+1/b;;2-1-,8-7-;;. The molecule has 7 rings (SSSR count). The fraction of sp³-hybridized carbons (Fsp3) is 0.0909. The maximum absolute atomic E-state index is 9.75. The molecule has 1 aliphatic rings. The zero-order chi connectivity index (χ0) is 36.0. The molecule has 0 amide bonds. The Balaban J connectivity index is 0.000000208. The molecule has 0 saturated carbocycles. The fourth-order valence-corrected chi connectivity index (χ4v) is 9.82. The van der Waals surface area contributed by atoms with Crippen LogP contribution in [-0.2, 0) is 20.1 Å². The molecule has 0 saturated heterocycles. The summed E-state index contributed by atoms with van der Waals surface area (Å²) in [5, 5.41) is 8.39. The summed E-state index contributed by atoms with van der Waals surface area (Å²) in [6.07, 6.45) is 14.0. The van der Waals surface area contributed by atoms with E-state index in [4.69, 9.17) is 0 Å². The molecule has 0 N–H and O–H groups in total. The van der Waals surface area contributed by atoms with Gasteiger partial charge in [0, 0.05) is 0 Å². The van der Waals surface area contributed by atoms with Crippen LogP contribution in [0.25, 0.3) is 0 Å². The van der Waals surface area contributed by atoms with Crippen LogP contribution in [0.2, 0.25) is 0 Å². The van der Waals surface area contributed by atoms with Crippen molar-refractivity contribution < 1.29 is 37.4 Å². The second kappa shape index (κ2) is 24.4. The fourth-order valence-electron chi connectivity index (χ4n) is 5.21. The van der Waals surface area contributed by atoms with E-state index in [-0.39, 0.29) is 20.1 Å². The number of benzene rings is 6. The molecule has 0 bridgehead atoms. The first-order valence-electron chi connectivity index (χ1n) is 17.0. The molecule has 6 aromatic carbocycles. The largest absolute Gasteiger partial charge is 1.00 e. The Morgan fingerprint density at radius 1 is 0.288 bits per heavy atom. The third-order valence-electron chi connectivity index (χ3n) is 7.42. The van der Waals surface area contributed by atoms with Crippen LogP contribution in [0.5, 0.6) is 0 Å². The molecule has 0 heterocycles. The predicted molar refractivity (Wildman–Crippen MR) is 217 cm³/mol. The van der Waals surface area contributed by atoms with Crippen LogP contribution in [0.15, 0.2) is 206 Å². The maximum Gasteiger partial charge on any atom is 1.00 e. The first-order valence-corrected chi connectivity index (χ1v) is 19.7. The van der Waals surface area contributed by atoms with Crippen molar-refractivity contribution in [3.63, 3.8) is 0 Å². The van der Waals surface area contributed by atoms with Gasteiger partial charge in [-0.1, -0.05) is 206 Å². The third-order valence-corrected chi connectivity index (χ3v) is 12.3. The van der Waals surface area contributed by atoms with E-state index in [0.29, 0.717) is 0 Å². The average Bonchev–Trinajstić information content (AvgIpc) is 3.14. The minimum atomic E-state index is -6.00. The average molecular weight is 912 g/mol. The number of hydrogen-bond donors (Lipinski definition) is 0. The quantitative estimate of drug-likeness (QED) is 0.0676. The van der Waals surface area contributed by atoms with E-state index >= 15 is 0 Å². The molecule has 268 valence electrons. The second-order valence-corrected chi connectivity index (χ2v) is 15.7. The van der Waals surface area contributed by atoms with Crippen LogP contribution in [-0.4, -0.2) is 7.25 Å². The van der Waals surface area contributed by atoms with Gasteiger partial charge in [0.05, 0.1) is 0 Å². The molecule has 0 atom stereocenters. The molecule has 0 aromatic heterocycles. The number of halogens is 4. The molecule has 0 nitrogen and oxygen atoms in total. The van der Waals surface area contributed by atoms with Crippen molar-refractivity contribution in [3.8, 4) is 0 Å². The van der Waals surface area contributed by atoms with E-state index in [9.17, 15) is 17.3 Å². The molecule has 1 aliphatic carbocycles. The molecule has 0 unspecified atom stereocenters. The van der Waals surface area contributed by atoms with Crippen molar-refractivity contribution in [2.24, 2.45) is 0 Å². The molecule has 6 aromatic rings. The van der Waals surface area contributed by atoms with Crippen LogP contribution in [0.3, 0.4) is 0 Å². The van der Waals surface area contributed by atoms with Crippen molar-refractivity contribution in [2.75, 3.05) is 0 Å². The minimum Gasteiger partial charge on any atom is -0.418 e. The van der Waals surface area contributed by atoms with E-state index < -0.39 is 23.1 Å². The van der Waals surface area contributed by atoms with Crippen LogP contribution < -0.4 is 31.8 Å². The van der Waals surface area contributed by atoms with E-state index in [1.165, 1.54) is 57.5 Å². The Kier molecular flexibility index (Phi) is 19.9. The molecule has 8 heteroatoms. The van der Waals surface area contributed by atoms with Crippen LogP contribution >= 0.6 is 15.8 Å². The summed E-state index contributed by atoms with van der Waals surface area (Å²) in [5.74, 6) is 0. The van der Waals surface area contributed by atoms with Gasteiger partial charge in [-0.25, -0.2) is 0 Å². The summed E-state index contributed by atoms with van der Waals surface area (Å²) in [6.45, 7) is 0. The zero-order valence-electron chi connectivity index (χ0n) is 28.8. The smallest absolute Gasteiger partial charge is 0.418 e. The SMILES string of the molecule is C1=C\CC/C=C\CC/1.F[B-](F)(F)F.[Ir+].c1ccc(P(c2ccccc2)c2ccccc2)cc1.c1ccc(P(c2ccccc2)c2ccccc2)cc1. The topological polar surface area (TPSA) is 0 Å². The summed E-state index contributed by atoms with van der Waals surface area (Å²) in [6, 6.07) is 64.7. The summed E-state index contributed by atoms with van der Waals surface area (Å²) < 4.78 is 39.0. The van der Waals surface area contributed by atoms with Gasteiger partial charge in [-0.3, -0.25) is 0 Å². The third kappa shape index (κ3) is 16.2. The van der Waals surface area contributed by atoms with Crippen LogP contribution in [0, 0.1) is 0 Å². The number of rotatable bonds is 6. The van der Waals surface area contributed by atoms with Crippen molar-refractivity contribution >= 4 is 54.9 Å². The van der Waals surface area contributed by atoms with Gasteiger partial charge in [0.15, 0.2) is 0 Å². The van der Waals surface area contributed by atoms with E-state index in [2.05, 4.69) is 206 Å². The molecular formula is C44H42BF4IrP2. The molecule has 0 radical (unpaired) electrons. The first-order chi connectivity index (χ1) is 24.9. The summed E-state index contributed by atoms with van der Waals surface area (Å²) in [4.78, 5) is 0. The zero-order valence-corrected chi connectivity index (χ0v) is 33.0. The minimum absolute atomic E-state index is 0. The second-order valence-electron chi connectivity index (χ2n) is 11.3. The van der Waals surface area contributed by atoms with Crippen molar-refractivity contribution in [1.82, 2.24) is 0 Å². The molecule has 0 spiro atoms. The van der Waals surface area contributed by atoms with Gasteiger partial charge in [-0.2, -0.15) is 0 Å². The Labute approximate surface area is 322 Å². The molecular weight excluding hydrogens is 869 g/mol. The maximum atomic E-state index is 9.75.